The van der Waals surface area contributed by atoms with E-state index < -0.39 is 5.91 Å². The van der Waals surface area contributed by atoms with Crippen LogP contribution in [-0.2, 0) is 4.79 Å². The average molecular weight is 408 g/mol. The molecule has 0 unspecified atom stereocenters. The van der Waals surface area contributed by atoms with Crippen LogP contribution in [-0.4, -0.2) is 22.4 Å². The van der Waals surface area contributed by atoms with E-state index in [1.807, 2.05) is 72.1 Å². The molecule has 0 fully saturated rings. The fourth-order valence-electron chi connectivity index (χ4n) is 3.39. The number of nitrogens with zero attached hydrogens (tertiary/aromatic N) is 3. The molecule has 6 nitrogen and oxygen atoms in total. The fraction of sp³-hybridized carbons (Fsp3) is 0.0800. The number of nitrogens with one attached hydrogen (secondary N) is 1. The number of methoxy groups -OCH3 is 1. The molecular formula is C25H20N4O2. The SMILES string of the molecule is COc1ccccc1NC(=O)C(C#N)=Cc1c(-c2ccccc2)nc2c(C)cccn12. The largest absolute Gasteiger partial charge is 0.495 e. The van der Waals surface area contributed by atoms with Gasteiger partial charge in [0.25, 0.3) is 5.91 Å². The lowest BCUT2D eigenvalue weighted by Gasteiger charge is -2.09. The number of hydrogen-bond acceptors (Lipinski definition) is 4. The first-order valence-electron chi connectivity index (χ1n) is 9.71. The lowest BCUT2D eigenvalue weighted by molar-refractivity contribution is -0.112. The van der Waals surface area contributed by atoms with Crippen LogP contribution in [0, 0.1) is 18.3 Å². The summed E-state index contributed by atoms with van der Waals surface area (Å²) in [5.74, 6) is -0.00263. The molecule has 0 bridgehead atoms. The lowest BCUT2D eigenvalue weighted by atomic mass is 10.1. The highest BCUT2D eigenvalue weighted by Gasteiger charge is 2.18. The van der Waals surface area contributed by atoms with Gasteiger partial charge in [0.2, 0.25) is 0 Å². The Bertz CT molecular complexity index is 1330. The van der Waals surface area contributed by atoms with E-state index in [2.05, 4.69) is 5.32 Å². The van der Waals surface area contributed by atoms with Crippen LogP contribution in [0.25, 0.3) is 23.0 Å². The minimum Gasteiger partial charge on any atom is -0.495 e. The standard InChI is InChI=1S/C25H20N4O2/c1-17-9-8-14-29-21(23(28-24(17)29)18-10-4-3-5-11-18)15-19(16-26)25(30)27-20-12-6-7-13-22(20)31-2/h3-15H,1-2H3,(H,27,30). The number of nitriles is 1. The molecule has 152 valence electrons. The third kappa shape index (κ3) is 3.89. The minimum atomic E-state index is -0.520. The number of benzene rings is 2. The third-order valence-electron chi connectivity index (χ3n) is 4.93. The number of imidazole rings is 1. The van der Waals surface area contributed by atoms with E-state index in [9.17, 15) is 10.1 Å². The molecule has 2 heterocycles. The Hall–Kier alpha value is -4.37. The molecule has 0 aliphatic rings. The quantitative estimate of drug-likeness (QED) is 0.378. The monoisotopic (exact) mass is 408 g/mol. The maximum atomic E-state index is 12.9. The highest BCUT2D eigenvalue weighted by Crippen LogP contribution is 2.28. The van der Waals surface area contributed by atoms with Gasteiger partial charge >= 0.3 is 0 Å². The summed E-state index contributed by atoms with van der Waals surface area (Å²) >= 11 is 0. The molecule has 0 saturated heterocycles. The molecule has 31 heavy (non-hydrogen) atoms. The molecular weight excluding hydrogens is 388 g/mol. The first-order valence-corrected chi connectivity index (χ1v) is 9.71. The van der Waals surface area contributed by atoms with Crippen molar-refractivity contribution in [2.45, 2.75) is 6.92 Å². The number of ether oxygens (including phenoxy) is 1. The smallest absolute Gasteiger partial charge is 0.266 e. The molecule has 4 aromatic rings. The summed E-state index contributed by atoms with van der Waals surface area (Å²) in [4.78, 5) is 17.7. The van der Waals surface area contributed by atoms with Gasteiger partial charge in [0, 0.05) is 11.8 Å². The van der Waals surface area contributed by atoms with Crippen molar-refractivity contribution in [3.8, 4) is 23.1 Å². The average Bonchev–Trinajstić information content (AvgIpc) is 3.18. The van der Waals surface area contributed by atoms with E-state index in [-0.39, 0.29) is 5.57 Å². The van der Waals surface area contributed by atoms with Gasteiger partial charge in [-0.15, -0.1) is 0 Å². The zero-order chi connectivity index (χ0) is 21.8. The first-order chi connectivity index (χ1) is 15.1. The number of carbonyl (C=O) groups is 1. The summed E-state index contributed by atoms with van der Waals surface area (Å²) in [6, 6.07) is 22.7. The molecule has 0 spiro atoms. The number of anilines is 1. The second-order valence-electron chi connectivity index (χ2n) is 6.92. The summed E-state index contributed by atoms with van der Waals surface area (Å²) in [7, 11) is 1.53. The van der Waals surface area contributed by atoms with Crippen molar-refractivity contribution < 1.29 is 9.53 Å². The van der Waals surface area contributed by atoms with Crippen molar-refractivity contribution in [3.63, 3.8) is 0 Å². The topological polar surface area (TPSA) is 79.4 Å². The van der Waals surface area contributed by atoms with Crippen molar-refractivity contribution in [2.24, 2.45) is 0 Å². The molecule has 1 amide bonds. The number of aryl methyl sites for hydroxylation is 1. The van der Waals surface area contributed by atoms with Gasteiger partial charge < -0.3 is 10.1 Å². The Morgan fingerprint density at radius 1 is 1.10 bits per heavy atom. The minimum absolute atomic E-state index is 0.0357. The number of carbonyl (C=O) groups excluding carboxylic acids is 1. The van der Waals surface area contributed by atoms with Gasteiger partial charge in [-0.05, 0) is 36.8 Å². The van der Waals surface area contributed by atoms with Crippen LogP contribution in [0.5, 0.6) is 5.75 Å². The van der Waals surface area contributed by atoms with Crippen molar-refractivity contribution >= 4 is 23.3 Å². The van der Waals surface area contributed by atoms with E-state index in [0.717, 1.165) is 16.8 Å². The summed E-state index contributed by atoms with van der Waals surface area (Å²) < 4.78 is 7.18. The Labute approximate surface area is 180 Å². The van der Waals surface area contributed by atoms with Crippen LogP contribution in [0.1, 0.15) is 11.3 Å². The van der Waals surface area contributed by atoms with Gasteiger partial charge in [-0.2, -0.15) is 5.26 Å². The van der Waals surface area contributed by atoms with Crippen LogP contribution < -0.4 is 10.1 Å². The summed E-state index contributed by atoms with van der Waals surface area (Å²) in [6.07, 6.45) is 3.45. The zero-order valence-corrected chi connectivity index (χ0v) is 17.2. The number of hydrogen-bond donors (Lipinski definition) is 1. The van der Waals surface area contributed by atoms with Gasteiger partial charge in [-0.3, -0.25) is 9.20 Å². The Balaban J connectivity index is 1.82. The molecule has 0 atom stereocenters. The van der Waals surface area contributed by atoms with Crippen LogP contribution in [0.4, 0.5) is 5.69 Å². The molecule has 4 rings (SSSR count). The summed E-state index contributed by atoms with van der Waals surface area (Å²) in [5, 5.41) is 12.5. The van der Waals surface area contributed by atoms with Crippen molar-refractivity contribution in [3.05, 3.63) is 89.8 Å². The number of para-hydroxylation sites is 2. The molecule has 0 radical (unpaired) electrons. The van der Waals surface area contributed by atoms with Crippen LogP contribution in [0.2, 0.25) is 0 Å². The second kappa shape index (κ2) is 8.56. The second-order valence-corrected chi connectivity index (χ2v) is 6.92. The van der Waals surface area contributed by atoms with Crippen molar-refractivity contribution in [2.75, 3.05) is 12.4 Å². The highest BCUT2D eigenvalue weighted by molar-refractivity contribution is 6.10. The first kappa shape index (κ1) is 19.9. The van der Waals surface area contributed by atoms with Gasteiger partial charge in [-0.1, -0.05) is 48.5 Å². The normalized spacial score (nSPS) is 11.2. The van der Waals surface area contributed by atoms with Crippen LogP contribution in [0.15, 0.2) is 78.5 Å². The number of pyridine rings is 1. The Morgan fingerprint density at radius 3 is 2.58 bits per heavy atom. The molecule has 1 N–H and O–H groups in total. The number of fused-ring (bicyclic) bond motifs is 1. The third-order valence-corrected chi connectivity index (χ3v) is 4.93. The van der Waals surface area contributed by atoms with Crippen molar-refractivity contribution in [1.82, 2.24) is 9.38 Å². The summed E-state index contributed by atoms with van der Waals surface area (Å²) in [6.45, 7) is 1.98. The lowest BCUT2D eigenvalue weighted by Crippen LogP contribution is -2.14. The van der Waals surface area contributed by atoms with Gasteiger partial charge in [0.15, 0.2) is 0 Å². The Morgan fingerprint density at radius 2 is 1.84 bits per heavy atom. The van der Waals surface area contributed by atoms with Crippen LogP contribution >= 0.6 is 0 Å². The number of aromatic nitrogens is 2. The van der Waals surface area contributed by atoms with Crippen molar-refractivity contribution in [1.29, 1.82) is 5.26 Å². The summed E-state index contributed by atoms with van der Waals surface area (Å²) in [5.41, 5.74) is 4.50. The predicted molar refractivity (Wildman–Crippen MR) is 121 cm³/mol. The van der Waals surface area contributed by atoms with Crippen LogP contribution in [0.3, 0.4) is 0 Å². The zero-order valence-electron chi connectivity index (χ0n) is 17.2. The van der Waals surface area contributed by atoms with E-state index in [1.165, 1.54) is 7.11 Å². The molecule has 0 aliphatic carbocycles. The van der Waals surface area contributed by atoms with Gasteiger partial charge in [-0.25, -0.2) is 4.98 Å². The molecule has 0 saturated carbocycles. The molecule has 0 aliphatic heterocycles. The molecule has 2 aromatic heterocycles. The predicted octanol–water partition coefficient (Wildman–Crippen LogP) is 4.86. The molecule has 2 aromatic carbocycles. The highest BCUT2D eigenvalue weighted by atomic mass is 16.5. The number of rotatable bonds is 5. The van der Waals surface area contributed by atoms with Gasteiger partial charge in [0.1, 0.15) is 23.0 Å². The van der Waals surface area contributed by atoms with Gasteiger partial charge in [0.05, 0.1) is 24.2 Å². The van der Waals surface area contributed by atoms with E-state index >= 15 is 0 Å². The maximum Gasteiger partial charge on any atom is 0.266 e. The van der Waals surface area contributed by atoms with E-state index in [4.69, 9.17) is 9.72 Å². The molecule has 6 heteroatoms. The maximum absolute atomic E-state index is 12.9. The van der Waals surface area contributed by atoms with E-state index in [0.29, 0.717) is 22.8 Å². The number of amides is 1. The Kier molecular flexibility index (Phi) is 5.50. The van der Waals surface area contributed by atoms with E-state index in [1.54, 1.807) is 24.3 Å². The fourth-order valence-corrected chi connectivity index (χ4v) is 3.39.